The van der Waals surface area contributed by atoms with Crippen molar-refractivity contribution in [3.63, 3.8) is 0 Å². The molecule has 3 heterocycles. The second-order valence-corrected chi connectivity index (χ2v) is 8.01. The fraction of sp³-hybridized carbons (Fsp3) is 0.333. The fourth-order valence-corrected chi connectivity index (χ4v) is 4.00. The number of amides is 1. The van der Waals surface area contributed by atoms with E-state index in [1.54, 1.807) is 23.1 Å². The molecule has 0 saturated carbocycles. The van der Waals surface area contributed by atoms with E-state index in [0.29, 0.717) is 23.5 Å². The van der Waals surface area contributed by atoms with Gasteiger partial charge in [0.05, 0.1) is 11.4 Å². The molecule has 2 aromatic heterocycles. The summed E-state index contributed by atoms with van der Waals surface area (Å²) >= 11 is 0. The Morgan fingerprint density at radius 2 is 1.86 bits per heavy atom. The van der Waals surface area contributed by atoms with Crippen molar-refractivity contribution in [2.24, 2.45) is 0 Å². The Bertz CT molecular complexity index is 1110. The molecule has 0 atom stereocenters. The first-order chi connectivity index (χ1) is 13.5. The Balaban J connectivity index is 1.98. The first kappa shape index (κ1) is 19.4. The van der Waals surface area contributed by atoms with Crippen LogP contribution in [0.25, 0.3) is 5.65 Å². The van der Waals surface area contributed by atoms with Gasteiger partial charge in [-0.15, -0.1) is 0 Å². The lowest BCUT2D eigenvalue weighted by atomic mass is 9.90. The van der Waals surface area contributed by atoms with Crippen molar-refractivity contribution < 1.29 is 22.4 Å². The zero-order chi connectivity index (χ0) is 21.1. The lowest BCUT2D eigenvalue weighted by Gasteiger charge is -2.19. The van der Waals surface area contributed by atoms with Gasteiger partial charge in [0.2, 0.25) is 5.91 Å². The molecule has 1 aromatic carbocycles. The van der Waals surface area contributed by atoms with Gasteiger partial charge in [-0.2, -0.15) is 13.2 Å². The molecule has 0 N–H and O–H groups in total. The van der Waals surface area contributed by atoms with Crippen LogP contribution in [0.2, 0.25) is 0 Å². The van der Waals surface area contributed by atoms with Gasteiger partial charge in [-0.3, -0.25) is 4.79 Å². The highest BCUT2D eigenvalue weighted by Gasteiger charge is 2.41. The average molecular weight is 405 g/mol. The van der Waals surface area contributed by atoms with E-state index in [-0.39, 0.29) is 18.0 Å². The first-order valence-corrected chi connectivity index (χ1v) is 9.12. The van der Waals surface area contributed by atoms with Crippen molar-refractivity contribution in [2.45, 2.75) is 38.8 Å². The molecular weight excluding hydrogens is 386 g/mol. The summed E-state index contributed by atoms with van der Waals surface area (Å²) in [7, 11) is 0. The number of pyridine rings is 1. The number of anilines is 1. The number of benzene rings is 1. The van der Waals surface area contributed by atoms with Crippen LogP contribution < -0.4 is 4.90 Å². The summed E-state index contributed by atoms with van der Waals surface area (Å²) in [5.74, 6) is -0.572. The van der Waals surface area contributed by atoms with E-state index < -0.39 is 23.1 Å². The molecule has 0 spiro atoms. The van der Waals surface area contributed by atoms with Crippen LogP contribution in [0, 0.1) is 5.82 Å². The van der Waals surface area contributed by atoms with Crippen molar-refractivity contribution in [3.05, 3.63) is 64.9 Å². The maximum absolute atomic E-state index is 13.4. The third-order valence-corrected chi connectivity index (χ3v) is 5.25. The maximum atomic E-state index is 13.4. The number of carbonyl (C=O) groups is 1. The van der Waals surface area contributed by atoms with Gasteiger partial charge in [0.25, 0.3) is 0 Å². The molecule has 0 saturated heterocycles. The van der Waals surface area contributed by atoms with E-state index in [1.165, 1.54) is 23.5 Å². The zero-order valence-electron chi connectivity index (χ0n) is 16.1. The second kappa shape index (κ2) is 6.30. The largest absolute Gasteiger partial charge is 0.434 e. The normalized spacial score (nSPS) is 15.8. The average Bonchev–Trinajstić information content (AvgIpc) is 3.16. The smallest absolute Gasteiger partial charge is 0.310 e. The van der Waals surface area contributed by atoms with Crippen LogP contribution in [0.3, 0.4) is 0 Å². The summed E-state index contributed by atoms with van der Waals surface area (Å²) in [4.78, 5) is 17.6. The number of imidazole rings is 1. The summed E-state index contributed by atoms with van der Waals surface area (Å²) in [5.41, 5.74) is 1.14. The first-order valence-electron chi connectivity index (χ1n) is 9.12. The minimum Gasteiger partial charge on any atom is -0.310 e. The number of nitrogens with zero attached hydrogens (tertiary/aromatic N) is 3. The molecule has 0 bridgehead atoms. The number of alkyl halides is 3. The molecule has 0 aliphatic carbocycles. The third-order valence-electron chi connectivity index (χ3n) is 5.25. The van der Waals surface area contributed by atoms with Gasteiger partial charge >= 0.3 is 6.18 Å². The highest BCUT2D eigenvalue weighted by molar-refractivity contribution is 5.95. The predicted molar refractivity (Wildman–Crippen MR) is 100 cm³/mol. The molecule has 0 unspecified atom stereocenters. The van der Waals surface area contributed by atoms with Crippen molar-refractivity contribution >= 4 is 17.2 Å². The quantitative estimate of drug-likeness (QED) is 0.579. The van der Waals surface area contributed by atoms with Gasteiger partial charge in [0.1, 0.15) is 11.5 Å². The van der Waals surface area contributed by atoms with E-state index in [4.69, 9.17) is 0 Å². The fourth-order valence-electron chi connectivity index (χ4n) is 4.00. The highest BCUT2D eigenvalue weighted by Crippen LogP contribution is 2.43. The third kappa shape index (κ3) is 3.26. The Kier molecular flexibility index (Phi) is 4.22. The van der Waals surface area contributed by atoms with Crippen LogP contribution in [-0.4, -0.2) is 21.8 Å². The molecule has 4 nitrogen and oxygen atoms in total. The number of hydrogen-bond acceptors (Lipinski definition) is 2. The molecule has 29 heavy (non-hydrogen) atoms. The van der Waals surface area contributed by atoms with Crippen LogP contribution >= 0.6 is 0 Å². The highest BCUT2D eigenvalue weighted by atomic mass is 19.4. The van der Waals surface area contributed by atoms with Gasteiger partial charge < -0.3 is 9.30 Å². The summed E-state index contributed by atoms with van der Waals surface area (Å²) in [5, 5.41) is 0. The molecule has 1 aliphatic rings. The SMILES string of the molecule is CC(=O)N1CC(C)(C)c2c1cc(Cc1ccc(F)cc1)c1nc(C(F)(F)F)cn21. The molecule has 152 valence electrons. The molecule has 8 heteroatoms. The summed E-state index contributed by atoms with van der Waals surface area (Å²) < 4.78 is 54.9. The number of halogens is 4. The van der Waals surface area contributed by atoms with E-state index in [0.717, 1.165) is 11.8 Å². The van der Waals surface area contributed by atoms with E-state index >= 15 is 0 Å². The number of rotatable bonds is 2. The Labute approximate surface area is 164 Å². The van der Waals surface area contributed by atoms with Gasteiger partial charge in [0.15, 0.2) is 5.69 Å². The van der Waals surface area contributed by atoms with Crippen LogP contribution in [-0.2, 0) is 22.8 Å². The predicted octanol–water partition coefficient (Wildman–Crippen LogP) is 4.73. The molecule has 1 amide bonds. The van der Waals surface area contributed by atoms with Crippen molar-refractivity contribution in [1.29, 1.82) is 0 Å². The van der Waals surface area contributed by atoms with Crippen LogP contribution in [0.1, 0.15) is 43.3 Å². The molecule has 3 aromatic rings. The topological polar surface area (TPSA) is 37.6 Å². The van der Waals surface area contributed by atoms with Gasteiger partial charge in [0, 0.05) is 37.1 Å². The molecular formula is C21H19F4N3O. The number of carbonyl (C=O) groups excluding carboxylic acids is 1. The van der Waals surface area contributed by atoms with Crippen molar-refractivity contribution in [1.82, 2.24) is 9.38 Å². The van der Waals surface area contributed by atoms with Gasteiger partial charge in [-0.1, -0.05) is 26.0 Å². The standard InChI is InChI=1S/C21H19F4N3O/c1-12(29)28-11-20(2,3)18-16(28)9-14(8-13-4-6-15(22)7-5-13)19-26-17(10-27(18)19)21(23,24)25/h4-7,9-10H,8,11H2,1-3H3. The lowest BCUT2D eigenvalue weighted by Crippen LogP contribution is -2.32. The molecule has 0 fully saturated rings. The van der Waals surface area contributed by atoms with Gasteiger partial charge in [-0.25, -0.2) is 9.37 Å². The van der Waals surface area contributed by atoms with Gasteiger partial charge in [-0.05, 0) is 23.8 Å². The number of hydrogen-bond donors (Lipinski definition) is 0. The van der Waals surface area contributed by atoms with E-state index in [9.17, 15) is 22.4 Å². The Hall–Kier alpha value is -2.90. The van der Waals surface area contributed by atoms with Crippen molar-refractivity contribution in [2.75, 3.05) is 11.4 Å². The van der Waals surface area contributed by atoms with E-state index in [1.807, 2.05) is 13.8 Å². The molecule has 1 aliphatic heterocycles. The number of aromatic nitrogens is 2. The van der Waals surface area contributed by atoms with Crippen LogP contribution in [0.15, 0.2) is 36.5 Å². The minimum absolute atomic E-state index is 0.180. The van der Waals surface area contributed by atoms with Crippen molar-refractivity contribution in [3.8, 4) is 0 Å². The monoisotopic (exact) mass is 405 g/mol. The minimum atomic E-state index is -4.59. The molecule has 0 radical (unpaired) electrons. The Morgan fingerprint density at radius 3 is 2.45 bits per heavy atom. The number of fused-ring (bicyclic) bond motifs is 3. The van der Waals surface area contributed by atoms with Crippen LogP contribution in [0.4, 0.5) is 23.2 Å². The summed E-state index contributed by atoms with van der Waals surface area (Å²) in [6, 6.07) is 7.51. The van der Waals surface area contributed by atoms with Crippen LogP contribution in [0.5, 0.6) is 0 Å². The second-order valence-electron chi connectivity index (χ2n) is 8.01. The summed E-state index contributed by atoms with van der Waals surface area (Å²) in [6.07, 6.45) is -3.33. The molecule has 4 rings (SSSR count). The Morgan fingerprint density at radius 1 is 1.21 bits per heavy atom. The maximum Gasteiger partial charge on any atom is 0.434 e. The zero-order valence-corrected chi connectivity index (χ0v) is 16.1. The summed E-state index contributed by atoms with van der Waals surface area (Å²) in [6.45, 7) is 5.58. The van der Waals surface area contributed by atoms with E-state index in [2.05, 4.69) is 4.98 Å². The lowest BCUT2D eigenvalue weighted by molar-refractivity contribution is -0.140.